The van der Waals surface area contributed by atoms with E-state index in [4.69, 9.17) is 19.5 Å². The van der Waals surface area contributed by atoms with Crippen molar-refractivity contribution in [2.24, 2.45) is 21.3 Å². The number of thioether (sulfide) groups is 2. The fourth-order valence-electron chi connectivity index (χ4n) is 7.18. The number of fused-ring (bicyclic) bond motifs is 3. The van der Waals surface area contributed by atoms with E-state index >= 15 is 0 Å². The maximum atomic E-state index is 12.8. The molecule has 0 aromatic carbocycles. The van der Waals surface area contributed by atoms with Gasteiger partial charge in [-0.15, -0.1) is 23.5 Å². The molecule has 1 heterocycles. The Morgan fingerprint density at radius 3 is 2.41 bits per heavy atom. The number of aliphatic imine (C=N–C) groups is 2. The molecule has 10 heteroatoms. The van der Waals surface area contributed by atoms with E-state index in [0.717, 1.165) is 18.1 Å². The fraction of sp³-hybridized carbons (Fsp3) is 0.902. The highest BCUT2D eigenvalue weighted by atomic mass is 32.2. The van der Waals surface area contributed by atoms with E-state index in [0.29, 0.717) is 44.0 Å². The van der Waals surface area contributed by atoms with Gasteiger partial charge < -0.3 is 20.1 Å². The Kier molecular flexibility index (Phi) is 18.5. The lowest BCUT2D eigenvalue weighted by Crippen LogP contribution is -2.47. The normalized spacial score (nSPS) is 25.1. The van der Waals surface area contributed by atoms with Crippen LogP contribution in [0.25, 0.3) is 0 Å². The van der Waals surface area contributed by atoms with Gasteiger partial charge in [-0.25, -0.2) is 0 Å². The number of nitrogens with one attached hydrogen (secondary N) is 2. The third-order valence-corrected chi connectivity index (χ3v) is 13.6. The van der Waals surface area contributed by atoms with Gasteiger partial charge in [-0.2, -0.15) is 0 Å². The lowest BCUT2D eigenvalue weighted by Gasteiger charge is -2.35. The summed E-state index contributed by atoms with van der Waals surface area (Å²) in [5.74, 6) is 2.63. The average Bonchev–Trinajstić information content (AvgIpc) is 3.45. The van der Waals surface area contributed by atoms with Crippen LogP contribution in [0.4, 0.5) is 0 Å². The van der Waals surface area contributed by atoms with Crippen molar-refractivity contribution in [3.8, 4) is 0 Å². The average molecular weight is 751 g/mol. The van der Waals surface area contributed by atoms with E-state index in [2.05, 4.69) is 36.9 Å². The van der Waals surface area contributed by atoms with Gasteiger partial charge in [0.1, 0.15) is 12.4 Å². The van der Waals surface area contributed by atoms with Gasteiger partial charge in [0.05, 0.1) is 28.3 Å². The largest absolute Gasteiger partial charge is 0.375 e. The summed E-state index contributed by atoms with van der Waals surface area (Å²) in [6.07, 6.45) is 19.2. The number of ether oxygens (including phenoxy) is 2. The number of Topliss-reactive ketones (excluding diaryl/α,β-unsaturated/α-hetero) is 1. The summed E-state index contributed by atoms with van der Waals surface area (Å²) in [5, 5.41) is 7.44. The number of hydrogen-bond acceptors (Lipinski definition) is 9. The summed E-state index contributed by atoms with van der Waals surface area (Å²) < 4.78 is 12.1. The standard InChI is InChI=1S/C41H74N4O4S2/c1-38(2,3)36(46)27-40(6,7)48-24-21-39(4,5)49-30-37(47)42-22-25-50-34(28-43-32-16-12-10-11-13-17-32)35-29-44-33-18-14-15-31(19-20-33)41(8,9)45-23-26-51-35/h28-29,31-35,45H,10-27,30H2,1-9H3,(H,42,47). The van der Waals surface area contributed by atoms with Gasteiger partial charge in [0.2, 0.25) is 5.91 Å². The Balaban J connectivity index is 1.53. The van der Waals surface area contributed by atoms with E-state index in [1.807, 2.05) is 72.0 Å². The second-order valence-electron chi connectivity index (χ2n) is 18.0. The van der Waals surface area contributed by atoms with Crippen molar-refractivity contribution in [3.05, 3.63) is 0 Å². The molecule has 51 heavy (non-hydrogen) atoms. The molecule has 3 aliphatic rings. The van der Waals surface area contributed by atoms with Crippen LogP contribution >= 0.6 is 23.5 Å². The quantitative estimate of drug-likeness (QED) is 0.0928. The molecule has 0 aromatic heterocycles. The first-order chi connectivity index (χ1) is 24.0. The van der Waals surface area contributed by atoms with Gasteiger partial charge in [-0.3, -0.25) is 19.6 Å². The summed E-state index contributed by atoms with van der Waals surface area (Å²) in [6, 6.07) is 0.838. The second-order valence-corrected chi connectivity index (χ2v) is 20.6. The zero-order valence-electron chi connectivity index (χ0n) is 33.8. The van der Waals surface area contributed by atoms with Crippen molar-refractivity contribution in [1.29, 1.82) is 0 Å². The van der Waals surface area contributed by atoms with Crippen LogP contribution in [0.1, 0.15) is 146 Å². The van der Waals surface area contributed by atoms with Gasteiger partial charge >= 0.3 is 0 Å². The predicted molar refractivity (Wildman–Crippen MR) is 220 cm³/mol. The van der Waals surface area contributed by atoms with Crippen LogP contribution in [0.2, 0.25) is 0 Å². The Hall–Kier alpha value is -0.940. The molecule has 0 radical (unpaired) electrons. The van der Waals surface area contributed by atoms with E-state index in [9.17, 15) is 9.59 Å². The lowest BCUT2D eigenvalue weighted by atomic mass is 9.82. The molecule has 0 spiro atoms. The maximum Gasteiger partial charge on any atom is 0.246 e. The molecule has 2 fully saturated rings. The molecule has 2 bridgehead atoms. The van der Waals surface area contributed by atoms with Gasteiger partial charge in [-0.1, -0.05) is 52.9 Å². The Bertz CT molecular complexity index is 1110. The second kappa shape index (κ2) is 21.2. The van der Waals surface area contributed by atoms with E-state index in [1.165, 1.54) is 70.6 Å². The molecule has 1 amide bonds. The minimum absolute atomic E-state index is 0.00681. The molecule has 3 rings (SSSR count). The number of carbonyl (C=O) groups excluding carboxylic acids is 2. The highest BCUT2D eigenvalue weighted by Gasteiger charge is 2.33. The zero-order valence-corrected chi connectivity index (χ0v) is 35.5. The van der Waals surface area contributed by atoms with E-state index < -0.39 is 11.2 Å². The van der Waals surface area contributed by atoms with Crippen molar-refractivity contribution in [3.63, 3.8) is 0 Å². The van der Waals surface area contributed by atoms with Crippen LogP contribution in [-0.2, 0) is 19.1 Å². The van der Waals surface area contributed by atoms with Crippen LogP contribution < -0.4 is 10.6 Å². The third kappa shape index (κ3) is 17.4. The first-order valence-electron chi connectivity index (χ1n) is 20.1. The van der Waals surface area contributed by atoms with Crippen LogP contribution in [-0.4, -0.2) is 101 Å². The molecule has 0 saturated heterocycles. The minimum atomic E-state index is -0.544. The van der Waals surface area contributed by atoms with Gasteiger partial charge in [-0.05, 0) is 92.4 Å². The Labute approximate surface area is 320 Å². The van der Waals surface area contributed by atoms with Gasteiger partial charge in [0.15, 0.2) is 0 Å². The molecule has 2 saturated carbocycles. The van der Waals surface area contributed by atoms with Crippen LogP contribution in [0, 0.1) is 11.3 Å². The van der Waals surface area contributed by atoms with E-state index in [1.54, 1.807) is 0 Å². The molecule has 4 atom stereocenters. The van der Waals surface area contributed by atoms with Gasteiger partial charge in [0.25, 0.3) is 0 Å². The molecule has 8 nitrogen and oxygen atoms in total. The van der Waals surface area contributed by atoms with Crippen LogP contribution in [0.5, 0.6) is 0 Å². The summed E-state index contributed by atoms with van der Waals surface area (Å²) in [6.45, 7) is 20.5. The molecule has 4 unspecified atom stereocenters. The maximum absolute atomic E-state index is 12.8. The smallest absolute Gasteiger partial charge is 0.246 e. The summed E-state index contributed by atoms with van der Waals surface area (Å²) in [5.41, 5.74) is -1.30. The van der Waals surface area contributed by atoms with Crippen molar-refractivity contribution < 1.29 is 19.1 Å². The fourth-order valence-corrected chi connectivity index (χ4v) is 9.46. The summed E-state index contributed by atoms with van der Waals surface area (Å²) in [7, 11) is 0. The topological polar surface area (TPSA) is 101 Å². The summed E-state index contributed by atoms with van der Waals surface area (Å²) >= 11 is 3.89. The number of amides is 1. The van der Waals surface area contributed by atoms with E-state index in [-0.39, 0.29) is 39.8 Å². The van der Waals surface area contributed by atoms with Crippen LogP contribution in [0.15, 0.2) is 9.98 Å². The molecule has 1 aliphatic heterocycles. The molecule has 294 valence electrons. The highest BCUT2D eigenvalue weighted by molar-refractivity contribution is 8.04. The first-order valence-corrected chi connectivity index (χ1v) is 22.2. The number of carbonyl (C=O) groups is 2. The Morgan fingerprint density at radius 1 is 0.980 bits per heavy atom. The number of rotatable bonds is 16. The van der Waals surface area contributed by atoms with Crippen molar-refractivity contribution >= 4 is 47.6 Å². The lowest BCUT2D eigenvalue weighted by molar-refractivity contribution is -0.137. The predicted octanol–water partition coefficient (Wildman–Crippen LogP) is 8.49. The third-order valence-electron chi connectivity index (χ3n) is 10.9. The molecular formula is C41H74N4O4S2. The monoisotopic (exact) mass is 751 g/mol. The first kappa shape index (κ1) is 44.5. The zero-order chi connectivity index (χ0) is 37.5. The molecule has 2 N–H and O–H groups in total. The number of nitrogens with zero attached hydrogens (tertiary/aromatic N) is 2. The highest BCUT2D eigenvalue weighted by Crippen LogP contribution is 2.34. The van der Waals surface area contributed by atoms with Gasteiger partial charge in [0, 0.05) is 66.5 Å². The minimum Gasteiger partial charge on any atom is -0.375 e. The SMILES string of the molecule is CC(C)(CCOC(C)(C)CC(=O)C(C)(C)C)OCC(=O)NCCSC(C=NC1CCCCCC1)C1C=NC2CCCC(CC2)C(C)(C)NCCS1. The Morgan fingerprint density at radius 2 is 1.71 bits per heavy atom. The van der Waals surface area contributed by atoms with Crippen molar-refractivity contribution in [2.45, 2.75) is 185 Å². The van der Waals surface area contributed by atoms with Crippen molar-refractivity contribution in [2.75, 3.05) is 37.8 Å². The summed E-state index contributed by atoms with van der Waals surface area (Å²) in [4.78, 5) is 35.8. The molecular weight excluding hydrogens is 677 g/mol. The number of hydrogen-bond donors (Lipinski definition) is 2. The van der Waals surface area contributed by atoms with Crippen LogP contribution in [0.3, 0.4) is 0 Å². The molecule has 0 aromatic rings. The van der Waals surface area contributed by atoms with Crippen molar-refractivity contribution in [1.82, 2.24) is 10.6 Å². The molecule has 2 aliphatic carbocycles. The number of ketones is 1.